The van der Waals surface area contributed by atoms with Crippen molar-refractivity contribution in [3.8, 4) is 0 Å². The number of nitrogens with two attached hydrogens (primary N) is 1. The average Bonchev–Trinajstić information content (AvgIpc) is 2.48. The predicted molar refractivity (Wildman–Crippen MR) is 87.8 cm³/mol. The molecule has 1 fully saturated rings. The van der Waals surface area contributed by atoms with E-state index >= 15 is 0 Å². The lowest BCUT2D eigenvalue weighted by Gasteiger charge is -2.34. The maximum Gasteiger partial charge on any atom is 0.0727 e. The fraction of sp³-hybridized carbons (Fsp3) is 0.471. The number of rotatable bonds is 3. The third-order valence-corrected chi connectivity index (χ3v) is 4.12. The Kier molecular flexibility index (Phi) is 3.97. The van der Waals surface area contributed by atoms with Crippen molar-refractivity contribution in [2.45, 2.75) is 32.8 Å². The quantitative estimate of drug-likeness (QED) is 0.880. The average molecular weight is 285 g/mol. The molecule has 4 nitrogen and oxygen atoms in total. The minimum Gasteiger partial charge on any atom is -0.399 e. The fourth-order valence-electron chi connectivity index (χ4n) is 3.11. The number of anilines is 2. The number of nitrogens with zero attached hydrogens (tertiary/aromatic N) is 2. The summed E-state index contributed by atoms with van der Waals surface area (Å²) in [4.78, 5) is 7.05. The highest BCUT2D eigenvalue weighted by Crippen LogP contribution is 2.30. The van der Waals surface area contributed by atoms with Gasteiger partial charge in [-0.25, -0.2) is 0 Å². The number of nitrogen functional groups attached to an aromatic ring is 1. The maximum absolute atomic E-state index is 5.96. The van der Waals surface area contributed by atoms with Gasteiger partial charge < -0.3 is 15.4 Å². The van der Waals surface area contributed by atoms with Crippen LogP contribution in [0.2, 0.25) is 0 Å². The summed E-state index contributed by atoms with van der Waals surface area (Å²) in [5, 5.41) is 1.15. The smallest absolute Gasteiger partial charge is 0.0727 e. The van der Waals surface area contributed by atoms with Gasteiger partial charge in [-0.2, -0.15) is 0 Å². The van der Waals surface area contributed by atoms with Gasteiger partial charge in [-0.05, 0) is 51.0 Å². The zero-order valence-corrected chi connectivity index (χ0v) is 12.8. The number of piperidine rings is 1. The molecule has 21 heavy (non-hydrogen) atoms. The van der Waals surface area contributed by atoms with Crippen LogP contribution in [0, 0.1) is 6.92 Å². The van der Waals surface area contributed by atoms with E-state index in [0.717, 1.165) is 54.8 Å². The third kappa shape index (κ3) is 2.95. The summed E-state index contributed by atoms with van der Waals surface area (Å²) in [6.45, 7) is 6.97. The molecule has 112 valence electrons. The number of aryl methyl sites for hydroxylation is 1. The van der Waals surface area contributed by atoms with Gasteiger partial charge in [0.15, 0.2) is 0 Å². The number of benzene rings is 1. The van der Waals surface area contributed by atoms with Crippen LogP contribution in [-0.4, -0.2) is 30.8 Å². The monoisotopic (exact) mass is 285 g/mol. The second-order valence-electron chi connectivity index (χ2n) is 5.70. The Hall–Kier alpha value is -1.81. The standard InChI is InChI=1S/C17H23N3O/c1-3-21-14-6-8-20(9-7-14)17-10-12(2)19-16-5-4-13(18)11-15(16)17/h4-5,10-11,14H,3,6-9,18H2,1-2H3. The molecule has 0 spiro atoms. The number of fused-ring (bicyclic) bond motifs is 1. The molecule has 0 unspecified atom stereocenters. The Balaban J connectivity index is 1.91. The molecule has 1 aliphatic heterocycles. The molecule has 0 aliphatic carbocycles. The molecule has 1 saturated heterocycles. The number of aromatic nitrogens is 1. The van der Waals surface area contributed by atoms with Crippen LogP contribution >= 0.6 is 0 Å². The van der Waals surface area contributed by atoms with Crippen molar-refractivity contribution in [3.05, 3.63) is 30.0 Å². The first-order chi connectivity index (χ1) is 10.2. The third-order valence-electron chi connectivity index (χ3n) is 4.12. The van der Waals surface area contributed by atoms with Crippen LogP contribution in [0.25, 0.3) is 10.9 Å². The van der Waals surface area contributed by atoms with Crippen molar-refractivity contribution < 1.29 is 4.74 Å². The van der Waals surface area contributed by atoms with Gasteiger partial charge in [0.25, 0.3) is 0 Å². The highest BCUT2D eigenvalue weighted by Gasteiger charge is 2.21. The highest BCUT2D eigenvalue weighted by atomic mass is 16.5. The summed E-state index contributed by atoms with van der Waals surface area (Å²) in [6.07, 6.45) is 2.57. The van der Waals surface area contributed by atoms with Gasteiger partial charge in [-0.15, -0.1) is 0 Å². The summed E-state index contributed by atoms with van der Waals surface area (Å²) >= 11 is 0. The molecule has 1 aromatic carbocycles. The largest absolute Gasteiger partial charge is 0.399 e. The van der Waals surface area contributed by atoms with E-state index in [1.165, 1.54) is 5.69 Å². The Morgan fingerprint density at radius 2 is 2.05 bits per heavy atom. The van der Waals surface area contributed by atoms with Crippen LogP contribution in [0.3, 0.4) is 0 Å². The zero-order chi connectivity index (χ0) is 14.8. The van der Waals surface area contributed by atoms with Crippen molar-refractivity contribution >= 4 is 22.3 Å². The summed E-state index contributed by atoms with van der Waals surface area (Å²) in [5.41, 5.74) is 10.1. The van der Waals surface area contributed by atoms with E-state index in [-0.39, 0.29) is 0 Å². The maximum atomic E-state index is 5.96. The van der Waals surface area contributed by atoms with Crippen LogP contribution in [0.5, 0.6) is 0 Å². The van der Waals surface area contributed by atoms with Crippen LogP contribution in [0.4, 0.5) is 11.4 Å². The number of pyridine rings is 1. The van der Waals surface area contributed by atoms with Gasteiger partial charge >= 0.3 is 0 Å². The second-order valence-corrected chi connectivity index (χ2v) is 5.70. The normalized spacial score (nSPS) is 16.6. The highest BCUT2D eigenvalue weighted by molar-refractivity contribution is 5.94. The molecule has 1 aliphatic rings. The van der Waals surface area contributed by atoms with Crippen molar-refractivity contribution in [1.82, 2.24) is 4.98 Å². The van der Waals surface area contributed by atoms with E-state index < -0.39 is 0 Å². The van der Waals surface area contributed by atoms with E-state index in [0.29, 0.717) is 6.10 Å². The van der Waals surface area contributed by atoms with Gasteiger partial charge in [-0.1, -0.05) is 0 Å². The first kappa shape index (κ1) is 14.1. The Morgan fingerprint density at radius 3 is 2.76 bits per heavy atom. The van der Waals surface area contributed by atoms with E-state index in [1.54, 1.807) is 0 Å². The predicted octanol–water partition coefficient (Wildman–Crippen LogP) is 3.13. The molecular formula is C17H23N3O. The zero-order valence-electron chi connectivity index (χ0n) is 12.8. The second kappa shape index (κ2) is 5.90. The van der Waals surface area contributed by atoms with E-state index in [4.69, 9.17) is 10.5 Å². The summed E-state index contributed by atoms with van der Waals surface area (Å²) < 4.78 is 5.74. The lowest BCUT2D eigenvalue weighted by atomic mass is 10.0. The number of hydrogen-bond donors (Lipinski definition) is 1. The first-order valence-electron chi connectivity index (χ1n) is 7.71. The SMILES string of the molecule is CCOC1CCN(c2cc(C)nc3ccc(N)cc23)CC1. The molecule has 3 rings (SSSR count). The minimum atomic E-state index is 0.408. The molecule has 0 bridgehead atoms. The summed E-state index contributed by atoms with van der Waals surface area (Å²) in [5.74, 6) is 0. The number of hydrogen-bond acceptors (Lipinski definition) is 4. The molecule has 2 aromatic rings. The van der Waals surface area contributed by atoms with Crippen LogP contribution in [0.1, 0.15) is 25.5 Å². The molecule has 0 amide bonds. The molecule has 1 aromatic heterocycles. The lowest BCUT2D eigenvalue weighted by Crippen LogP contribution is -2.37. The lowest BCUT2D eigenvalue weighted by molar-refractivity contribution is 0.0459. The van der Waals surface area contributed by atoms with E-state index in [9.17, 15) is 0 Å². The number of ether oxygens (including phenoxy) is 1. The molecule has 4 heteroatoms. The fourth-order valence-corrected chi connectivity index (χ4v) is 3.11. The van der Waals surface area contributed by atoms with Crippen LogP contribution < -0.4 is 10.6 Å². The van der Waals surface area contributed by atoms with E-state index in [1.807, 2.05) is 25.1 Å². The molecule has 2 N–H and O–H groups in total. The van der Waals surface area contributed by atoms with Gasteiger partial charge in [0, 0.05) is 42.2 Å². The van der Waals surface area contributed by atoms with Crippen LogP contribution in [0.15, 0.2) is 24.3 Å². The Labute approximate surface area is 125 Å². The molecule has 0 atom stereocenters. The Bertz CT molecular complexity index is 633. The van der Waals surface area contributed by atoms with Crippen molar-refractivity contribution in [1.29, 1.82) is 0 Å². The van der Waals surface area contributed by atoms with Gasteiger partial charge in [0.05, 0.1) is 11.6 Å². The molecule has 0 radical (unpaired) electrons. The first-order valence-corrected chi connectivity index (χ1v) is 7.71. The van der Waals surface area contributed by atoms with Crippen LogP contribution in [-0.2, 0) is 4.74 Å². The molecular weight excluding hydrogens is 262 g/mol. The van der Waals surface area contributed by atoms with Crippen molar-refractivity contribution in [3.63, 3.8) is 0 Å². The van der Waals surface area contributed by atoms with Crippen molar-refractivity contribution in [2.24, 2.45) is 0 Å². The van der Waals surface area contributed by atoms with Crippen molar-refractivity contribution in [2.75, 3.05) is 30.3 Å². The topological polar surface area (TPSA) is 51.4 Å². The molecule has 0 saturated carbocycles. The van der Waals surface area contributed by atoms with Gasteiger partial charge in [0.2, 0.25) is 0 Å². The summed E-state index contributed by atoms with van der Waals surface area (Å²) in [6, 6.07) is 8.13. The molecule has 2 heterocycles. The van der Waals surface area contributed by atoms with Gasteiger partial charge in [0.1, 0.15) is 0 Å². The van der Waals surface area contributed by atoms with E-state index in [2.05, 4.69) is 22.9 Å². The summed E-state index contributed by atoms with van der Waals surface area (Å²) in [7, 11) is 0. The van der Waals surface area contributed by atoms with Gasteiger partial charge in [-0.3, -0.25) is 4.98 Å². The minimum absolute atomic E-state index is 0.408. The Morgan fingerprint density at radius 1 is 1.29 bits per heavy atom.